The molecule has 0 aliphatic heterocycles. The van der Waals surface area contributed by atoms with Crippen molar-refractivity contribution in [3.05, 3.63) is 90.0 Å². The number of halogens is 1. The second-order valence-electron chi connectivity index (χ2n) is 5.80. The van der Waals surface area contributed by atoms with Crippen LogP contribution in [0.4, 0.5) is 0 Å². The summed E-state index contributed by atoms with van der Waals surface area (Å²) in [5.74, 6) is 0. The lowest BCUT2D eigenvalue weighted by Crippen LogP contribution is -2.09. The van der Waals surface area contributed by atoms with Gasteiger partial charge in [-0.2, -0.15) is 0 Å². The summed E-state index contributed by atoms with van der Waals surface area (Å²) < 4.78 is 0.774. The molecule has 2 aromatic heterocycles. The van der Waals surface area contributed by atoms with Crippen LogP contribution < -0.4 is 10.9 Å². The van der Waals surface area contributed by atoms with E-state index in [0.717, 1.165) is 36.8 Å². The van der Waals surface area contributed by atoms with Gasteiger partial charge >= 0.3 is 0 Å². The van der Waals surface area contributed by atoms with E-state index < -0.39 is 0 Å². The largest absolute Gasteiger partial charge is 0.358 e. The minimum absolute atomic E-state index is 0.0850. The van der Waals surface area contributed by atoms with Crippen LogP contribution in [0.25, 0.3) is 21.8 Å². The smallest absolute Gasteiger partial charge is 0.202 e. The lowest BCUT2D eigenvalue weighted by Gasteiger charge is -2.01. The molecule has 0 amide bonds. The van der Waals surface area contributed by atoms with E-state index in [2.05, 4.69) is 32.6 Å². The number of benzene rings is 2. The number of aryl methyl sites for hydroxylation is 2. The molecule has 0 unspecified atom stereocenters. The molecule has 0 saturated carbocycles. The summed E-state index contributed by atoms with van der Waals surface area (Å²) in [5, 5.41) is 1.51. The minimum Gasteiger partial charge on any atom is -0.358 e. The van der Waals surface area contributed by atoms with E-state index in [1.165, 1.54) is 0 Å². The highest BCUT2D eigenvalue weighted by atomic mass is 127. The number of hydrogen-bond donors (Lipinski definition) is 2. The molecule has 0 radical (unpaired) electrons. The van der Waals surface area contributed by atoms with Gasteiger partial charge in [0.05, 0.1) is 3.57 Å². The predicted octanol–water partition coefficient (Wildman–Crippen LogP) is 4.28. The average molecular weight is 444 g/mol. The molecule has 0 bridgehead atoms. The Bertz CT molecular complexity index is 1180. The topological polar surface area (TPSA) is 65.7 Å². The molecule has 2 aromatic carbocycles. The first kappa shape index (κ1) is 17.4. The second kappa shape index (κ2) is 7.23. The molecule has 4 nitrogen and oxygen atoms in total. The molecule has 0 saturated heterocycles. The third kappa shape index (κ3) is 3.66. The van der Waals surface area contributed by atoms with Gasteiger partial charge in [-0.1, -0.05) is 24.3 Å². The van der Waals surface area contributed by atoms with Crippen molar-refractivity contribution in [3.63, 3.8) is 0 Å². The van der Waals surface area contributed by atoms with Crippen LogP contribution in [0.5, 0.6) is 0 Å². The molecule has 126 valence electrons. The highest BCUT2D eigenvalue weighted by Gasteiger charge is 2.04. The van der Waals surface area contributed by atoms with E-state index in [1.54, 1.807) is 6.07 Å². The summed E-state index contributed by atoms with van der Waals surface area (Å²) in [6.07, 6.45) is 0. The van der Waals surface area contributed by atoms with Crippen LogP contribution >= 0.6 is 22.6 Å². The quantitative estimate of drug-likeness (QED) is 0.398. The molecule has 0 fully saturated rings. The minimum atomic E-state index is 0.0850. The van der Waals surface area contributed by atoms with Gasteiger partial charge in [0, 0.05) is 39.3 Å². The maximum absolute atomic E-state index is 11.7. The number of aromatic amines is 2. The fourth-order valence-corrected chi connectivity index (χ4v) is 3.09. The molecule has 2 heterocycles. The summed E-state index contributed by atoms with van der Waals surface area (Å²) in [6, 6.07) is 16.7. The molecule has 25 heavy (non-hydrogen) atoms. The molecule has 0 atom stereocenters. The molecule has 0 spiro atoms. The monoisotopic (exact) mass is 444 g/mol. The summed E-state index contributed by atoms with van der Waals surface area (Å²) in [4.78, 5) is 29.4. The maximum Gasteiger partial charge on any atom is 0.202 e. The van der Waals surface area contributed by atoms with Crippen molar-refractivity contribution < 1.29 is 0 Å². The Morgan fingerprint density at radius 1 is 0.800 bits per heavy atom. The first-order chi connectivity index (χ1) is 12.0. The van der Waals surface area contributed by atoms with Crippen molar-refractivity contribution in [1.82, 2.24) is 9.97 Å². The van der Waals surface area contributed by atoms with E-state index in [-0.39, 0.29) is 10.9 Å². The van der Waals surface area contributed by atoms with Gasteiger partial charge in [0.2, 0.25) is 5.43 Å². The third-order valence-electron chi connectivity index (χ3n) is 3.89. The van der Waals surface area contributed by atoms with E-state index in [1.807, 2.05) is 62.4 Å². The van der Waals surface area contributed by atoms with Gasteiger partial charge in [-0.05, 0) is 60.7 Å². The first-order valence-corrected chi connectivity index (χ1v) is 8.91. The normalized spacial score (nSPS) is 10.5. The van der Waals surface area contributed by atoms with Crippen molar-refractivity contribution in [3.8, 4) is 0 Å². The van der Waals surface area contributed by atoms with Crippen LogP contribution in [0.15, 0.2) is 64.2 Å². The van der Waals surface area contributed by atoms with E-state index in [0.29, 0.717) is 0 Å². The lowest BCUT2D eigenvalue weighted by molar-refractivity contribution is 1.21. The number of pyridine rings is 2. The van der Waals surface area contributed by atoms with E-state index in [4.69, 9.17) is 0 Å². The molecule has 4 rings (SSSR count). The highest BCUT2D eigenvalue weighted by molar-refractivity contribution is 14.1. The number of H-pyrrole nitrogens is 2. The Balaban J connectivity index is 0.000000146. The lowest BCUT2D eigenvalue weighted by atomic mass is 10.2. The van der Waals surface area contributed by atoms with Crippen LogP contribution in [-0.4, -0.2) is 9.97 Å². The van der Waals surface area contributed by atoms with Crippen molar-refractivity contribution in [2.45, 2.75) is 13.8 Å². The molecule has 2 N–H and O–H groups in total. The fourth-order valence-electron chi connectivity index (χ4n) is 2.67. The van der Waals surface area contributed by atoms with Crippen LogP contribution in [0.3, 0.4) is 0 Å². The molecular weight excluding hydrogens is 427 g/mol. The van der Waals surface area contributed by atoms with Gasteiger partial charge in [-0.25, -0.2) is 0 Å². The Kier molecular flexibility index (Phi) is 5.03. The van der Waals surface area contributed by atoms with Gasteiger partial charge in [0.25, 0.3) is 0 Å². The van der Waals surface area contributed by atoms with Gasteiger partial charge in [0.1, 0.15) is 0 Å². The van der Waals surface area contributed by atoms with Crippen molar-refractivity contribution in [2.75, 3.05) is 0 Å². The third-order valence-corrected chi connectivity index (χ3v) is 5.19. The predicted molar refractivity (Wildman–Crippen MR) is 111 cm³/mol. The van der Waals surface area contributed by atoms with Crippen molar-refractivity contribution in [2.24, 2.45) is 0 Å². The second-order valence-corrected chi connectivity index (χ2v) is 6.88. The standard InChI is InChI=1S/C10H8INO.C10H9NO/c1-6-9(11)10(13)7-4-2-3-5-8(7)12-6;1-7-6-10(12)8-4-2-3-5-9(8)11-7/h2-5H,1H3,(H,12,13);2-6H,1H3,(H,11,12). The first-order valence-electron chi connectivity index (χ1n) is 7.83. The molecule has 5 heteroatoms. The summed E-state index contributed by atoms with van der Waals surface area (Å²) in [5.41, 5.74) is 3.85. The Morgan fingerprint density at radius 3 is 2.04 bits per heavy atom. The fraction of sp³-hybridized carbons (Fsp3) is 0.100. The zero-order valence-corrected chi connectivity index (χ0v) is 16.0. The summed E-state index contributed by atoms with van der Waals surface area (Å²) in [6.45, 7) is 3.80. The molecular formula is C20H17IN2O2. The summed E-state index contributed by atoms with van der Waals surface area (Å²) in [7, 11) is 0. The zero-order valence-electron chi connectivity index (χ0n) is 13.9. The van der Waals surface area contributed by atoms with Gasteiger partial charge in [0.15, 0.2) is 5.43 Å². The Hall–Kier alpha value is -2.41. The van der Waals surface area contributed by atoms with Gasteiger partial charge in [-0.15, -0.1) is 0 Å². The number of hydrogen-bond acceptors (Lipinski definition) is 2. The SMILES string of the molecule is Cc1[nH]c2ccccc2c(=O)c1I.Cc1cc(=O)c2ccccc2[nH]1. The molecule has 0 aliphatic rings. The number of nitrogens with one attached hydrogen (secondary N) is 2. The van der Waals surface area contributed by atoms with Crippen LogP contribution in [0, 0.1) is 17.4 Å². The average Bonchev–Trinajstić information content (AvgIpc) is 2.60. The maximum atomic E-state index is 11.7. The Labute approximate surface area is 158 Å². The van der Waals surface area contributed by atoms with Crippen molar-refractivity contribution >= 4 is 44.4 Å². The van der Waals surface area contributed by atoms with Gasteiger partial charge < -0.3 is 9.97 Å². The number of rotatable bonds is 0. The van der Waals surface area contributed by atoms with Crippen LogP contribution in [-0.2, 0) is 0 Å². The molecule has 4 aromatic rings. The number of para-hydroxylation sites is 2. The number of aromatic nitrogens is 2. The zero-order chi connectivity index (χ0) is 18.0. The van der Waals surface area contributed by atoms with Crippen LogP contribution in [0.2, 0.25) is 0 Å². The van der Waals surface area contributed by atoms with Crippen LogP contribution in [0.1, 0.15) is 11.4 Å². The summed E-state index contributed by atoms with van der Waals surface area (Å²) >= 11 is 2.07. The number of fused-ring (bicyclic) bond motifs is 2. The highest BCUT2D eigenvalue weighted by Crippen LogP contribution is 2.11. The van der Waals surface area contributed by atoms with Gasteiger partial charge in [-0.3, -0.25) is 9.59 Å². The van der Waals surface area contributed by atoms with E-state index >= 15 is 0 Å². The molecule has 0 aliphatic carbocycles. The Morgan fingerprint density at radius 2 is 1.36 bits per heavy atom. The van der Waals surface area contributed by atoms with E-state index in [9.17, 15) is 9.59 Å². The van der Waals surface area contributed by atoms with Crippen molar-refractivity contribution in [1.29, 1.82) is 0 Å².